The van der Waals surface area contributed by atoms with Gasteiger partial charge in [0, 0.05) is 11.6 Å². The van der Waals surface area contributed by atoms with Crippen molar-refractivity contribution in [3.8, 4) is 17.2 Å². The van der Waals surface area contributed by atoms with Crippen molar-refractivity contribution in [2.75, 3.05) is 14.2 Å². The molecule has 3 rings (SSSR count). The molecule has 0 aliphatic carbocycles. The van der Waals surface area contributed by atoms with Gasteiger partial charge in [0.1, 0.15) is 18.1 Å². The first kappa shape index (κ1) is 22.6. The molecule has 7 nitrogen and oxygen atoms in total. The van der Waals surface area contributed by atoms with Crippen molar-refractivity contribution in [2.45, 2.75) is 13.5 Å². The second-order valence-corrected chi connectivity index (χ2v) is 6.99. The van der Waals surface area contributed by atoms with E-state index in [1.807, 2.05) is 12.1 Å². The molecule has 0 aliphatic rings. The Balaban J connectivity index is 1.81. The Kier molecular flexibility index (Phi) is 7.23. The van der Waals surface area contributed by atoms with Crippen LogP contribution in [-0.4, -0.2) is 24.9 Å². The molecule has 0 N–H and O–H groups in total. The number of nitrogens with zero attached hydrogens (tertiary/aromatic N) is 1. The second-order valence-electron chi connectivity index (χ2n) is 6.99. The number of hydrogen-bond acceptors (Lipinski definition) is 6. The molecule has 0 bridgehead atoms. The van der Waals surface area contributed by atoms with Gasteiger partial charge in [-0.1, -0.05) is 30.3 Å². The van der Waals surface area contributed by atoms with Gasteiger partial charge in [0.2, 0.25) is 0 Å². The van der Waals surface area contributed by atoms with Crippen LogP contribution in [-0.2, 0) is 6.61 Å². The maximum Gasteiger partial charge on any atom is 0.311 e. The summed E-state index contributed by atoms with van der Waals surface area (Å²) in [6.07, 6.45) is 3.15. The highest BCUT2D eigenvalue weighted by molar-refractivity contribution is 6.08. The van der Waals surface area contributed by atoms with Gasteiger partial charge in [0.25, 0.3) is 0 Å². The Labute approximate surface area is 186 Å². The smallest absolute Gasteiger partial charge is 0.311 e. The first-order valence-corrected chi connectivity index (χ1v) is 9.83. The lowest BCUT2D eigenvalue weighted by Crippen LogP contribution is -2.02. The lowest BCUT2D eigenvalue weighted by molar-refractivity contribution is -0.386. The quantitative estimate of drug-likeness (QED) is 0.194. The lowest BCUT2D eigenvalue weighted by Gasteiger charge is -2.12. The van der Waals surface area contributed by atoms with Gasteiger partial charge < -0.3 is 14.2 Å². The van der Waals surface area contributed by atoms with Gasteiger partial charge in [-0.25, -0.2) is 0 Å². The number of hydrogen-bond donors (Lipinski definition) is 0. The number of carbonyl (C=O) groups excluding carboxylic acids is 1. The van der Waals surface area contributed by atoms with Crippen LogP contribution in [0.15, 0.2) is 66.7 Å². The summed E-state index contributed by atoms with van der Waals surface area (Å²) in [4.78, 5) is 23.4. The zero-order chi connectivity index (χ0) is 23.1. The van der Waals surface area contributed by atoms with Crippen molar-refractivity contribution in [3.05, 3.63) is 99.1 Å². The van der Waals surface area contributed by atoms with E-state index in [0.29, 0.717) is 22.6 Å². The van der Waals surface area contributed by atoms with E-state index in [-0.39, 0.29) is 23.8 Å². The summed E-state index contributed by atoms with van der Waals surface area (Å²) in [6, 6.07) is 17.2. The van der Waals surface area contributed by atoms with Gasteiger partial charge in [-0.05, 0) is 54.5 Å². The number of ether oxygens (including phenoxy) is 3. The van der Waals surface area contributed by atoms with Crippen LogP contribution < -0.4 is 14.2 Å². The van der Waals surface area contributed by atoms with E-state index in [0.717, 1.165) is 11.1 Å². The molecule has 0 amide bonds. The van der Waals surface area contributed by atoms with E-state index in [4.69, 9.17) is 14.2 Å². The summed E-state index contributed by atoms with van der Waals surface area (Å²) >= 11 is 0. The van der Waals surface area contributed by atoms with Crippen LogP contribution in [0.5, 0.6) is 17.2 Å². The third kappa shape index (κ3) is 5.31. The molecule has 0 aliphatic heterocycles. The number of rotatable bonds is 9. The number of nitro benzene ring substituents is 1. The van der Waals surface area contributed by atoms with E-state index in [1.165, 1.54) is 26.4 Å². The first-order valence-electron chi connectivity index (χ1n) is 9.83. The molecule has 0 spiro atoms. The molecule has 0 radical (unpaired) electrons. The van der Waals surface area contributed by atoms with E-state index >= 15 is 0 Å². The molecule has 3 aromatic carbocycles. The fourth-order valence-electron chi connectivity index (χ4n) is 3.17. The monoisotopic (exact) mass is 433 g/mol. The molecule has 0 fully saturated rings. The summed E-state index contributed by atoms with van der Waals surface area (Å²) in [5, 5.41) is 11.3. The van der Waals surface area contributed by atoms with Crippen LogP contribution in [0.2, 0.25) is 0 Å². The van der Waals surface area contributed by atoms with E-state index < -0.39 is 4.92 Å². The third-order valence-electron chi connectivity index (χ3n) is 4.80. The van der Waals surface area contributed by atoms with Crippen LogP contribution in [0, 0.1) is 17.0 Å². The predicted molar refractivity (Wildman–Crippen MR) is 122 cm³/mol. The molecule has 3 aromatic rings. The zero-order valence-corrected chi connectivity index (χ0v) is 18.0. The Morgan fingerprint density at radius 3 is 2.41 bits per heavy atom. The van der Waals surface area contributed by atoms with Gasteiger partial charge in [-0.3, -0.25) is 14.9 Å². The van der Waals surface area contributed by atoms with Crippen molar-refractivity contribution in [1.29, 1.82) is 0 Å². The number of ketones is 1. The summed E-state index contributed by atoms with van der Waals surface area (Å²) in [5.41, 5.74) is 2.59. The lowest BCUT2D eigenvalue weighted by atomic mass is 10.1. The number of aryl methyl sites for hydroxylation is 1. The van der Waals surface area contributed by atoms with E-state index in [9.17, 15) is 14.9 Å². The number of carbonyl (C=O) groups is 1. The third-order valence-corrected chi connectivity index (χ3v) is 4.80. The topological polar surface area (TPSA) is 87.9 Å². The number of methoxy groups -OCH3 is 2. The molecular weight excluding hydrogens is 410 g/mol. The Morgan fingerprint density at radius 2 is 1.69 bits per heavy atom. The second kappa shape index (κ2) is 10.3. The van der Waals surface area contributed by atoms with Gasteiger partial charge in [0.15, 0.2) is 11.5 Å². The first-order chi connectivity index (χ1) is 15.4. The fourth-order valence-corrected chi connectivity index (χ4v) is 3.17. The average Bonchev–Trinajstić information content (AvgIpc) is 2.81. The minimum atomic E-state index is -0.470. The number of para-hydroxylation sites is 1. The predicted octanol–water partition coefficient (Wildman–Crippen LogP) is 5.40. The highest BCUT2D eigenvalue weighted by atomic mass is 16.6. The number of nitro groups is 1. The van der Waals surface area contributed by atoms with Crippen molar-refractivity contribution in [2.24, 2.45) is 0 Å². The minimum Gasteiger partial charge on any atom is -0.496 e. The summed E-state index contributed by atoms with van der Waals surface area (Å²) < 4.78 is 16.4. The van der Waals surface area contributed by atoms with E-state index in [1.54, 1.807) is 55.5 Å². The maximum atomic E-state index is 12.6. The van der Waals surface area contributed by atoms with Crippen molar-refractivity contribution < 1.29 is 23.9 Å². The molecule has 7 heteroatoms. The number of allylic oxidation sites excluding steroid dienone is 1. The Bertz CT molecular complexity index is 1170. The summed E-state index contributed by atoms with van der Waals surface area (Å²) in [7, 11) is 3.05. The molecule has 164 valence electrons. The molecule has 0 aromatic heterocycles. The molecular formula is C25H23NO6. The number of benzene rings is 3. The Morgan fingerprint density at radius 1 is 0.969 bits per heavy atom. The molecule has 32 heavy (non-hydrogen) atoms. The van der Waals surface area contributed by atoms with Crippen LogP contribution in [0.3, 0.4) is 0 Å². The van der Waals surface area contributed by atoms with Crippen LogP contribution >= 0.6 is 0 Å². The normalized spacial score (nSPS) is 10.7. The van der Waals surface area contributed by atoms with Gasteiger partial charge >= 0.3 is 5.69 Å². The SMILES string of the molecule is COc1ccc(/C=C/C(=O)c2ccccc2OC)cc1COc1ccc(C)cc1[N+](=O)[O-]. The summed E-state index contributed by atoms with van der Waals surface area (Å²) in [5.74, 6) is 1.07. The van der Waals surface area contributed by atoms with Crippen LogP contribution in [0.4, 0.5) is 5.69 Å². The maximum absolute atomic E-state index is 12.6. The highest BCUT2D eigenvalue weighted by Gasteiger charge is 2.16. The van der Waals surface area contributed by atoms with Gasteiger partial charge in [0.05, 0.1) is 24.7 Å². The molecule has 0 saturated carbocycles. The molecule has 0 heterocycles. The largest absolute Gasteiger partial charge is 0.496 e. The molecule has 0 atom stereocenters. The van der Waals surface area contributed by atoms with Gasteiger partial charge in [-0.2, -0.15) is 0 Å². The Hall–Kier alpha value is -4.13. The van der Waals surface area contributed by atoms with Crippen LogP contribution in [0.1, 0.15) is 27.0 Å². The van der Waals surface area contributed by atoms with Crippen molar-refractivity contribution in [3.63, 3.8) is 0 Å². The zero-order valence-electron chi connectivity index (χ0n) is 18.0. The fraction of sp³-hybridized carbons (Fsp3) is 0.160. The summed E-state index contributed by atoms with van der Waals surface area (Å²) in [6.45, 7) is 1.84. The molecule has 0 saturated heterocycles. The average molecular weight is 433 g/mol. The molecule has 0 unspecified atom stereocenters. The van der Waals surface area contributed by atoms with Crippen molar-refractivity contribution in [1.82, 2.24) is 0 Å². The van der Waals surface area contributed by atoms with E-state index in [2.05, 4.69) is 0 Å². The standard InChI is InChI=1S/C25H23NO6/c1-17-8-12-25(21(14-17)26(28)29)32-16-19-15-18(10-13-23(19)30-2)9-11-22(27)20-6-4-5-7-24(20)31-3/h4-15H,16H2,1-3H3/b11-9+. The minimum absolute atomic E-state index is 0.0647. The van der Waals surface area contributed by atoms with Gasteiger partial charge in [-0.15, -0.1) is 0 Å². The highest BCUT2D eigenvalue weighted by Crippen LogP contribution is 2.30. The van der Waals surface area contributed by atoms with Crippen LogP contribution in [0.25, 0.3) is 6.08 Å². The van der Waals surface area contributed by atoms with Crippen molar-refractivity contribution >= 4 is 17.5 Å².